The van der Waals surface area contributed by atoms with Crippen molar-refractivity contribution < 1.29 is 5.11 Å². The zero-order valence-electron chi connectivity index (χ0n) is 12.3. The van der Waals surface area contributed by atoms with Crippen LogP contribution in [0.15, 0.2) is 24.3 Å². The molecular weight excluding hydrogens is 272 g/mol. The molecule has 0 bridgehead atoms. The predicted molar refractivity (Wildman–Crippen MR) is 83.8 cm³/mol. The van der Waals surface area contributed by atoms with Gasteiger partial charge in [0.2, 0.25) is 0 Å². The Bertz CT molecular complexity index is 396. The van der Waals surface area contributed by atoms with Crippen LogP contribution in [0.1, 0.15) is 30.4 Å². The van der Waals surface area contributed by atoms with Crippen LogP contribution in [0.3, 0.4) is 0 Å². The van der Waals surface area contributed by atoms with Crippen molar-refractivity contribution in [1.82, 2.24) is 9.80 Å². The third kappa shape index (κ3) is 3.73. The van der Waals surface area contributed by atoms with Gasteiger partial charge in [-0.05, 0) is 36.9 Å². The molecule has 2 heterocycles. The number of hydrogen-bond donors (Lipinski definition) is 1. The van der Waals surface area contributed by atoms with Gasteiger partial charge in [-0.25, -0.2) is 0 Å². The van der Waals surface area contributed by atoms with E-state index in [9.17, 15) is 0 Å². The maximum atomic E-state index is 9.06. The van der Waals surface area contributed by atoms with Gasteiger partial charge in [-0.1, -0.05) is 24.3 Å². The van der Waals surface area contributed by atoms with E-state index < -0.39 is 0 Å². The lowest BCUT2D eigenvalue weighted by Crippen LogP contribution is -2.49. The van der Waals surface area contributed by atoms with E-state index in [1.807, 2.05) is 12.1 Å². The van der Waals surface area contributed by atoms with Crippen LogP contribution in [-0.2, 0) is 13.2 Å². The quantitative estimate of drug-likeness (QED) is 0.869. The lowest BCUT2D eigenvalue weighted by Gasteiger charge is -2.40. The minimum atomic E-state index is 0.139. The minimum Gasteiger partial charge on any atom is -0.392 e. The van der Waals surface area contributed by atoms with Crippen molar-refractivity contribution in [3.63, 3.8) is 0 Å². The fourth-order valence-electron chi connectivity index (χ4n) is 3.28. The van der Waals surface area contributed by atoms with E-state index in [-0.39, 0.29) is 6.61 Å². The average molecular weight is 297 g/mol. The highest BCUT2D eigenvalue weighted by Crippen LogP contribution is 2.26. The monoisotopic (exact) mass is 296 g/mol. The van der Waals surface area contributed by atoms with Crippen LogP contribution in [0.4, 0.5) is 0 Å². The highest BCUT2D eigenvalue weighted by molar-refractivity contribution is 6.15. The average Bonchev–Trinajstić information content (AvgIpc) is 3.00. The second kappa shape index (κ2) is 7.99. The van der Waals surface area contributed by atoms with E-state index in [1.165, 1.54) is 50.8 Å². The molecule has 1 atom stereocenters. The summed E-state index contributed by atoms with van der Waals surface area (Å²) in [6.07, 6.45) is 6.13. The maximum Gasteiger partial charge on any atom is 0.0681 e. The summed E-state index contributed by atoms with van der Waals surface area (Å²) in [6, 6.07) is 8.37. The Kier molecular flexibility index (Phi) is 6.30. The zero-order chi connectivity index (χ0) is 14.4. The Morgan fingerprint density at radius 2 is 1.70 bits per heavy atom. The van der Waals surface area contributed by atoms with Gasteiger partial charge in [0.25, 0.3) is 0 Å². The van der Waals surface area contributed by atoms with Gasteiger partial charge < -0.3 is 5.11 Å². The van der Waals surface area contributed by atoms with E-state index in [0.29, 0.717) is 6.17 Å². The van der Waals surface area contributed by atoms with Crippen molar-refractivity contribution >= 4 is 11.6 Å². The Labute approximate surface area is 127 Å². The SMILES string of the molecule is CCl.OCc1ccc(CN2CCCN3CCCC32)cc1. The van der Waals surface area contributed by atoms with E-state index in [0.717, 1.165) is 12.1 Å². The van der Waals surface area contributed by atoms with E-state index >= 15 is 0 Å². The third-order valence-electron chi connectivity index (χ3n) is 4.23. The van der Waals surface area contributed by atoms with Crippen LogP contribution in [-0.4, -0.2) is 47.1 Å². The molecule has 2 aliphatic heterocycles. The molecule has 0 spiro atoms. The van der Waals surface area contributed by atoms with Crippen molar-refractivity contribution in [1.29, 1.82) is 0 Å². The van der Waals surface area contributed by atoms with E-state index in [2.05, 4.69) is 33.5 Å². The molecule has 20 heavy (non-hydrogen) atoms. The normalized spacial score (nSPS) is 23.1. The van der Waals surface area contributed by atoms with Crippen LogP contribution >= 0.6 is 11.6 Å². The second-order valence-electron chi connectivity index (χ2n) is 5.46. The topological polar surface area (TPSA) is 26.7 Å². The summed E-state index contributed by atoms with van der Waals surface area (Å²) >= 11 is 4.64. The second-order valence-corrected chi connectivity index (χ2v) is 5.46. The van der Waals surface area contributed by atoms with Crippen LogP contribution in [0.5, 0.6) is 0 Å². The number of benzene rings is 1. The fraction of sp³-hybridized carbons (Fsp3) is 0.625. The summed E-state index contributed by atoms with van der Waals surface area (Å²) in [6.45, 7) is 4.98. The maximum absolute atomic E-state index is 9.06. The summed E-state index contributed by atoms with van der Waals surface area (Å²) < 4.78 is 0. The lowest BCUT2D eigenvalue weighted by molar-refractivity contribution is 0.0287. The number of fused-ring (bicyclic) bond motifs is 1. The number of aliphatic hydroxyl groups is 1. The molecule has 2 aliphatic rings. The first-order valence-corrected chi connectivity index (χ1v) is 8.17. The van der Waals surface area contributed by atoms with Crippen molar-refractivity contribution in [2.75, 3.05) is 26.0 Å². The van der Waals surface area contributed by atoms with Gasteiger partial charge in [-0.2, -0.15) is 0 Å². The van der Waals surface area contributed by atoms with Gasteiger partial charge in [0.05, 0.1) is 12.8 Å². The molecule has 2 saturated heterocycles. The van der Waals surface area contributed by atoms with Crippen LogP contribution in [0.25, 0.3) is 0 Å². The smallest absolute Gasteiger partial charge is 0.0681 e. The van der Waals surface area contributed by atoms with Crippen molar-refractivity contribution in [3.8, 4) is 0 Å². The number of halogens is 1. The highest BCUT2D eigenvalue weighted by Gasteiger charge is 2.32. The molecule has 4 heteroatoms. The van der Waals surface area contributed by atoms with Gasteiger partial charge in [-0.15, -0.1) is 11.6 Å². The number of aliphatic hydroxyl groups excluding tert-OH is 1. The summed E-state index contributed by atoms with van der Waals surface area (Å²) in [4.78, 5) is 5.25. The Hall–Kier alpha value is -0.610. The predicted octanol–water partition coefficient (Wildman–Crippen LogP) is 2.66. The first-order chi connectivity index (χ1) is 9.86. The first-order valence-electron chi connectivity index (χ1n) is 7.41. The summed E-state index contributed by atoms with van der Waals surface area (Å²) in [5.41, 5.74) is 2.36. The van der Waals surface area contributed by atoms with Crippen molar-refractivity contribution in [2.24, 2.45) is 0 Å². The molecule has 1 N–H and O–H groups in total. The molecule has 3 rings (SSSR count). The van der Waals surface area contributed by atoms with Crippen LogP contribution < -0.4 is 0 Å². The van der Waals surface area contributed by atoms with E-state index in [1.54, 1.807) is 0 Å². The molecule has 0 aliphatic carbocycles. The first kappa shape index (κ1) is 15.8. The molecule has 0 saturated carbocycles. The zero-order valence-corrected chi connectivity index (χ0v) is 13.0. The molecular formula is C16H25ClN2O. The number of alkyl halides is 1. The van der Waals surface area contributed by atoms with Crippen LogP contribution in [0.2, 0.25) is 0 Å². The molecule has 1 unspecified atom stereocenters. The Morgan fingerprint density at radius 1 is 1.05 bits per heavy atom. The molecule has 0 amide bonds. The van der Waals surface area contributed by atoms with Gasteiger partial charge in [0.15, 0.2) is 0 Å². The molecule has 1 aromatic rings. The number of hydrogen-bond acceptors (Lipinski definition) is 3. The fourth-order valence-corrected chi connectivity index (χ4v) is 3.28. The van der Waals surface area contributed by atoms with Crippen molar-refractivity contribution in [3.05, 3.63) is 35.4 Å². The Balaban J connectivity index is 0.000000704. The van der Waals surface area contributed by atoms with Crippen molar-refractivity contribution in [2.45, 2.75) is 38.6 Å². The number of nitrogens with zero attached hydrogens (tertiary/aromatic N) is 2. The minimum absolute atomic E-state index is 0.139. The Morgan fingerprint density at radius 3 is 2.40 bits per heavy atom. The number of rotatable bonds is 3. The molecule has 3 nitrogen and oxygen atoms in total. The van der Waals surface area contributed by atoms with Gasteiger partial charge in [-0.3, -0.25) is 9.80 Å². The molecule has 2 fully saturated rings. The summed E-state index contributed by atoms with van der Waals surface area (Å²) in [5, 5.41) is 9.06. The summed E-state index contributed by atoms with van der Waals surface area (Å²) in [7, 11) is 0. The molecule has 1 aromatic carbocycles. The molecule has 112 valence electrons. The standard InChI is InChI=1S/C15H22N2O.CH3Cl/c18-12-14-6-4-13(5-7-14)11-17-10-2-9-16-8-1-3-15(16)17;1-2/h4-7,15,18H,1-3,8-12H2;1H3. The van der Waals surface area contributed by atoms with E-state index in [4.69, 9.17) is 5.11 Å². The highest BCUT2D eigenvalue weighted by atomic mass is 35.5. The van der Waals surface area contributed by atoms with Crippen LogP contribution in [0, 0.1) is 0 Å². The lowest BCUT2D eigenvalue weighted by atomic mass is 10.1. The van der Waals surface area contributed by atoms with Gasteiger partial charge >= 0.3 is 0 Å². The van der Waals surface area contributed by atoms with Gasteiger partial charge in [0, 0.05) is 26.0 Å². The largest absolute Gasteiger partial charge is 0.392 e. The molecule has 0 aromatic heterocycles. The molecule has 0 radical (unpaired) electrons. The van der Waals surface area contributed by atoms with Gasteiger partial charge in [0.1, 0.15) is 0 Å². The summed E-state index contributed by atoms with van der Waals surface area (Å²) in [5.74, 6) is 0. The third-order valence-corrected chi connectivity index (χ3v) is 4.23.